The first-order chi connectivity index (χ1) is 7.10. The molecule has 82 valence electrons. The van der Waals surface area contributed by atoms with Gasteiger partial charge in [-0.25, -0.2) is 14.2 Å². The molecule has 0 unspecified atom stereocenters. The highest BCUT2D eigenvalue weighted by Gasteiger charge is 2.18. The summed E-state index contributed by atoms with van der Waals surface area (Å²) in [7, 11) is 0. The Labute approximate surface area is 90.6 Å². The number of carbonyl (C=O) groups is 1. The van der Waals surface area contributed by atoms with Crippen LogP contribution >= 0.6 is 11.6 Å². The Morgan fingerprint density at radius 1 is 1.73 bits per heavy atom. The van der Waals surface area contributed by atoms with Crippen molar-refractivity contribution in [3.63, 3.8) is 0 Å². The van der Waals surface area contributed by atoms with Crippen molar-refractivity contribution < 1.29 is 19.0 Å². The summed E-state index contributed by atoms with van der Waals surface area (Å²) in [5, 5.41) is 8.53. The highest BCUT2D eigenvalue weighted by Crippen LogP contribution is 2.19. The van der Waals surface area contributed by atoms with Gasteiger partial charge in [-0.05, 0) is 13.0 Å². The summed E-state index contributed by atoms with van der Waals surface area (Å²) in [6.45, 7) is 1.28. The van der Waals surface area contributed by atoms with Crippen molar-refractivity contribution in [3.05, 3.63) is 28.3 Å². The van der Waals surface area contributed by atoms with Crippen LogP contribution < -0.4 is 0 Å². The average Bonchev–Trinajstić information content (AvgIpc) is 2.22. The van der Waals surface area contributed by atoms with Crippen molar-refractivity contribution in [2.24, 2.45) is 0 Å². The maximum atomic E-state index is 13.3. The summed E-state index contributed by atoms with van der Waals surface area (Å²) < 4.78 is 17.9. The second-order valence-corrected chi connectivity index (χ2v) is 3.04. The Morgan fingerprint density at radius 2 is 2.40 bits per heavy atom. The maximum absolute atomic E-state index is 13.3. The predicted octanol–water partition coefficient (Wildman–Crippen LogP) is 1.54. The van der Waals surface area contributed by atoms with Crippen LogP contribution in [-0.4, -0.2) is 22.7 Å². The maximum Gasteiger partial charge on any atom is 0.360 e. The number of rotatable bonds is 3. The fraction of sp³-hybridized carbons (Fsp3) is 0.333. The smallest absolute Gasteiger partial charge is 0.360 e. The molecule has 0 atom stereocenters. The largest absolute Gasteiger partial charge is 0.461 e. The van der Waals surface area contributed by atoms with E-state index in [0.717, 1.165) is 6.07 Å². The van der Waals surface area contributed by atoms with Crippen molar-refractivity contribution in [3.8, 4) is 0 Å². The number of pyridine rings is 1. The van der Waals surface area contributed by atoms with E-state index in [1.54, 1.807) is 6.92 Å². The van der Waals surface area contributed by atoms with E-state index < -0.39 is 24.1 Å². The third-order valence-electron chi connectivity index (χ3n) is 1.60. The highest BCUT2D eigenvalue weighted by molar-refractivity contribution is 6.31. The molecule has 1 rings (SSSR count). The van der Waals surface area contributed by atoms with Crippen LogP contribution in [-0.2, 0) is 11.3 Å². The third kappa shape index (κ3) is 2.64. The van der Waals surface area contributed by atoms with Gasteiger partial charge in [0.1, 0.15) is 0 Å². The van der Waals surface area contributed by atoms with Crippen molar-refractivity contribution in [1.82, 2.24) is 4.98 Å². The van der Waals surface area contributed by atoms with Crippen molar-refractivity contribution in [1.29, 1.82) is 0 Å². The molecule has 0 amide bonds. The number of aromatic nitrogens is 1. The molecule has 0 saturated heterocycles. The summed E-state index contributed by atoms with van der Waals surface area (Å²) in [6, 6.07) is 1.15. The topological polar surface area (TPSA) is 59.4 Å². The monoisotopic (exact) mass is 233 g/mol. The molecule has 1 aromatic heterocycles. The van der Waals surface area contributed by atoms with Crippen molar-refractivity contribution in [2.45, 2.75) is 13.5 Å². The van der Waals surface area contributed by atoms with Gasteiger partial charge in [-0.3, -0.25) is 0 Å². The second kappa shape index (κ2) is 5.04. The lowest BCUT2D eigenvalue weighted by molar-refractivity contribution is 0.0513. The Kier molecular flexibility index (Phi) is 3.99. The van der Waals surface area contributed by atoms with Crippen molar-refractivity contribution in [2.75, 3.05) is 6.61 Å². The van der Waals surface area contributed by atoms with Gasteiger partial charge in [0.15, 0.2) is 11.5 Å². The molecule has 4 nitrogen and oxygen atoms in total. The minimum absolute atomic E-state index is 0.112. The van der Waals surface area contributed by atoms with Crippen LogP contribution in [0.5, 0.6) is 0 Å². The second-order valence-electron chi connectivity index (χ2n) is 2.64. The molecule has 0 spiro atoms. The minimum atomic E-state index is -0.938. The molecule has 1 heterocycles. The fourth-order valence-corrected chi connectivity index (χ4v) is 1.18. The highest BCUT2D eigenvalue weighted by atomic mass is 35.5. The lowest BCUT2D eigenvalue weighted by Gasteiger charge is -2.05. The molecule has 15 heavy (non-hydrogen) atoms. The number of esters is 1. The molecule has 0 aliphatic carbocycles. The van der Waals surface area contributed by atoms with E-state index >= 15 is 0 Å². The summed E-state index contributed by atoms with van der Waals surface area (Å²) in [6.07, 6.45) is 0. The summed E-state index contributed by atoms with van der Waals surface area (Å²) in [5.74, 6) is -1.83. The first-order valence-electron chi connectivity index (χ1n) is 4.23. The van der Waals surface area contributed by atoms with Gasteiger partial charge in [-0.2, -0.15) is 0 Å². The number of nitrogens with zero attached hydrogens (tertiary/aromatic N) is 1. The SMILES string of the molecule is CCOC(=O)c1nc(CO)cc(Cl)c1F. The number of hydrogen-bond acceptors (Lipinski definition) is 4. The Balaban J connectivity index is 3.15. The van der Waals surface area contributed by atoms with Gasteiger partial charge in [0.05, 0.1) is 23.9 Å². The summed E-state index contributed by atoms with van der Waals surface area (Å²) >= 11 is 5.51. The summed E-state index contributed by atoms with van der Waals surface area (Å²) in [4.78, 5) is 14.8. The first-order valence-corrected chi connectivity index (χ1v) is 4.60. The third-order valence-corrected chi connectivity index (χ3v) is 1.87. The molecule has 1 aromatic rings. The Hall–Kier alpha value is -1.20. The lowest BCUT2D eigenvalue weighted by atomic mass is 10.3. The number of aliphatic hydroxyl groups excluding tert-OH is 1. The molecule has 0 aliphatic rings. The molecule has 0 aliphatic heterocycles. The number of aliphatic hydroxyl groups is 1. The molecule has 0 radical (unpaired) electrons. The minimum Gasteiger partial charge on any atom is -0.461 e. The van der Waals surface area contributed by atoms with E-state index in [-0.39, 0.29) is 17.3 Å². The van der Waals surface area contributed by atoms with E-state index in [1.807, 2.05) is 0 Å². The van der Waals surface area contributed by atoms with E-state index in [0.29, 0.717) is 0 Å². The van der Waals surface area contributed by atoms with Gasteiger partial charge in [0.2, 0.25) is 0 Å². The van der Waals surface area contributed by atoms with Crippen LogP contribution in [0.25, 0.3) is 0 Å². The van der Waals surface area contributed by atoms with Crippen LogP contribution in [0, 0.1) is 5.82 Å². The molecule has 6 heteroatoms. The zero-order chi connectivity index (χ0) is 11.4. The fourth-order valence-electron chi connectivity index (χ4n) is 0.963. The zero-order valence-corrected chi connectivity index (χ0v) is 8.71. The molecule has 0 aromatic carbocycles. The molecule has 0 fully saturated rings. The lowest BCUT2D eigenvalue weighted by Crippen LogP contribution is -2.11. The van der Waals surface area contributed by atoms with Gasteiger partial charge in [-0.15, -0.1) is 0 Å². The normalized spacial score (nSPS) is 10.1. The molecule has 0 bridgehead atoms. The number of halogens is 2. The standard InChI is InChI=1S/C9H9ClFNO3/c1-2-15-9(14)8-7(11)6(10)3-5(4-13)12-8/h3,13H,2,4H2,1H3. The Bertz CT molecular complexity index is 384. The number of ether oxygens (including phenoxy) is 1. The van der Waals surface area contributed by atoms with Gasteiger partial charge >= 0.3 is 5.97 Å². The van der Waals surface area contributed by atoms with Crippen LogP contribution in [0.2, 0.25) is 5.02 Å². The number of hydrogen-bond donors (Lipinski definition) is 1. The van der Waals surface area contributed by atoms with Gasteiger partial charge < -0.3 is 9.84 Å². The zero-order valence-electron chi connectivity index (χ0n) is 7.96. The van der Waals surface area contributed by atoms with Gasteiger partial charge in [-0.1, -0.05) is 11.6 Å². The van der Waals surface area contributed by atoms with Gasteiger partial charge in [0.25, 0.3) is 0 Å². The van der Waals surface area contributed by atoms with Crippen LogP contribution in [0.15, 0.2) is 6.07 Å². The quantitative estimate of drug-likeness (QED) is 0.805. The number of carbonyl (C=O) groups excluding carboxylic acids is 1. The summed E-state index contributed by atoms with van der Waals surface area (Å²) in [5.41, 5.74) is -0.391. The van der Waals surface area contributed by atoms with Gasteiger partial charge in [0, 0.05) is 0 Å². The first kappa shape index (κ1) is 11.9. The van der Waals surface area contributed by atoms with E-state index in [2.05, 4.69) is 9.72 Å². The molecule has 0 saturated carbocycles. The van der Waals surface area contributed by atoms with Crippen LogP contribution in [0.3, 0.4) is 0 Å². The predicted molar refractivity (Wildman–Crippen MR) is 51.1 cm³/mol. The van der Waals surface area contributed by atoms with Crippen molar-refractivity contribution >= 4 is 17.6 Å². The van der Waals surface area contributed by atoms with E-state index in [4.69, 9.17) is 16.7 Å². The van der Waals surface area contributed by atoms with E-state index in [9.17, 15) is 9.18 Å². The Morgan fingerprint density at radius 3 is 2.93 bits per heavy atom. The molecular weight excluding hydrogens is 225 g/mol. The average molecular weight is 234 g/mol. The molecular formula is C9H9ClFNO3. The van der Waals surface area contributed by atoms with Crippen LogP contribution in [0.1, 0.15) is 23.1 Å². The van der Waals surface area contributed by atoms with Crippen LogP contribution in [0.4, 0.5) is 4.39 Å². The molecule has 1 N–H and O–H groups in total. The van der Waals surface area contributed by atoms with E-state index in [1.165, 1.54) is 0 Å².